The summed E-state index contributed by atoms with van der Waals surface area (Å²) in [5, 5.41) is 14.0. The van der Waals surface area contributed by atoms with Crippen molar-refractivity contribution in [1.29, 1.82) is 0 Å². The standard InChI is InChI=1S/C23H19Cl2N3O5/c1-13-2-9-18-19(10-13)23(31)27(22(18)30)26(21(29)14-3-6-16(24)7-4-14)12-15-5-8-17(25)11-20(15)28(32)33/h2-8,11,18-19H,9-10,12H2,1H3/t18-,19+/m0/s1. The minimum atomic E-state index is -0.652. The van der Waals surface area contributed by atoms with E-state index in [0.717, 1.165) is 15.6 Å². The summed E-state index contributed by atoms with van der Waals surface area (Å²) in [5.41, 5.74) is 1.01. The first-order valence-electron chi connectivity index (χ1n) is 10.2. The van der Waals surface area contributed by atoms with E-state index in [0.29, 0.717) is 17.9 Å². The number of allylic oxidation sites excluding steroid dienone is 2. The van der Waals surface area contributed by atoms with Crippen molar-refractivity contribution in [1.82, 2.24) is 10.0 Å². The molecule has 170 valence electrons. The van der Waals surface area contributed by atoms with Crippen LogP contribution in [0.3, 0.4) is 0 Å². The topological polar surface area (TPSA) is 101 Å². The molecule has 3 amide bonds. The van der Waals surface area contributed by atoms with E-state index in [9.17, 15) is 24.5 Å². The summed E-state index contributed by atoms with van der Waals surface area (Å²) < 4.78 is 0. The number of carbonyl (C=O) groups excluding carboxylic acids is 3. The average Bonchev–Trinajstić information content (AvgIpc) is 3.02. The highest BCUT2D eigenvalue weighted by molar-refractivity contribution is 6.31. The Morgan fingerprint density at radius 1 is 1.09 bits per heavy atom. The van der Waals surface area contributed by atoms with Gasteiger partial charge in [-0.15, -0.1) is 0 Å². The lowest BCUT2D eigenvalue weighted by molar-refractivity contribution is -0.385. The second kappa shape index (κ2) is 8.96. The number of rotatable bonds is 5. The molecule has 0 spiro atoms. The summed E-state index contributed by atoms with van der Waals surface area (Å²) in [7, 11) is 0. The molecular formula is C23H19Cl2N3O5. The van der Waals surface area contributed by atoms with Crippen molar-refractivity contribution in [2.45, 2.75) is 26.3 Å². The Balaban J connectivity index is 1.77. The summed E-state index contributed by atoms with van der Waals surface area (Å²) in [5.74, 6) is -2.77. The van der Waals surface area contributed by atoms with Gasteiger partial charge in [-0.2, -0.15) is 5.01 Å². The number of amides is 3. The van der Waals surface area contributed by atoms with Crippen molar-refractivity contribution >= 4 is 46.6 Å². The van der Waals surface area contributed by atoms with Gasteiger partial charge in [-0.3, -0.25) is 24.5 Å². The van der Waals surface area contributed by atoms with Crippen LogP contribution in [0.25, 0.3) is 0 Å². The highest BCUT2D eigenvalue weighted by atomic mass is 35.5. The molecule has 2 aromatic rings. The van der Waals surface area contributed by atoms with Gasteiger partial charge in [-0.25, -0.2) is 5.01 Å². The maximum atomic E-state index is 13.5. The molecule has 2 atom stereocenters. The van der Waals surface area contributed by atoms with E-state index >= 15 is 0 Å². The van der Waals surface area contributed by atoms with Crippen molar-refractivity contribution in [3.63, 3.8) is 0 Å². The molecule has 1 aliphatic heterocycles. The Bertz CT molecular complexity index is 1200. The van der Waals surface area contributed by atoms with Crippen molar-refractivity contribution in [3.8, 4) is 0 Å². The molecule has 0 radical (unpaired) electrons. The summed E-state index contributed by atoms with van der Waals surface area (Å²) in [4.78, 5) is 51.0. The highest BCUT2D eigenvalue weighted by Gasteiger charge is 2.51. The molecule has 10 heteroatoms. The second-order valence-electron chi connectivity index (χ2n) is 8.09. The van der Waals surface area contributed by atoms with Crippen LogP contribution in [-0.2, 0) is 16.1 Å². The zero-order valence-corrected chi connectivity index (χ0v) is 19.0. The maximum Gasteiger partial charge on any atom is 0.275 e. The zero-order chi connectivity index (χ0) is 23.9. The fourth-order valence-electron chi connectivity index (χ4n) is 4.23. The molecule has 0 bridgehead atoms. The molecule has 1 saturated heterocycles. The lowest BCUT2D eigenvalue weighted by atomic mass is 9.82. The van der Waals surface area contributed by atoms with E-state index in [-0.39, 0.29) is 28.4 Å². The Labute approximate surface area is 199 Å². The molecular weight excluding hydrogens is 469 g/mol. The van der Waals surface area contributed by atoms with Crippen LogP contribution in [0.1, 0.15) is 35.7 Å². The van der Waals surface area contributed by atoms with E-state index < -0.39 is 34.5 Å². The van der Waals surface area contributed by atoms with E-state index in [1.54, 1.807) is 0 Å². The number of hydrogen-bond donors (Lipinski definition) is 0. The maximum absolute atomic E-state index is 13.5. The Kier molecular flexibility index (Phi) is 6.23. The molecule has 0 saturated carbocycles. The summed E-state index contributed by atoms with van der Waals surface area (Å²) in [6, 6.07) is 10.00. The number of fused-ring (bicyclic) bond motifs is 1. The molecule has 0 unspecified atom stereocenters. The fourth-order valence-corrected chi connectivity index (χ4v) is 4.53. The van der Waals surface area contributed by atoms with Gasteiger partial charge in [0, 0.05) is 21.7 Å². The molecule has 4 rings (SSSR count). The van der Waals surface area contributed by atoms with Gasteiger partial charge in [0.2, 0.25) is 0 Å². The van der Waals surface area contributed by atoms with Crippen LogP contribution in [-0.4, -0.2) is 32.7 Å². The molecule has 8 nitrogen and oxygen atoms in total. The van der Waals surface area contributed by atoms with Crippen LogP contribution in [0, 0.1) is 22.0 Å². The van der Waals surface area contributed by atoms with Crippen LogP contribution >= 0.6 is 23.2 Å². The first-order chi connectivity index (χ1) is 15.7. The minimum Gasteiger partial charge on any atom is -0.272 e. The van der Waals surface area contributed by atoms with Gasteiger partial charge in [0.15, 0.2) is 0 Å². The third kappa shape index (κ3) is 4.36. The van der Waals surface area contributed by atoms with Gasteiger partial charge in [0.25, 0.3) is 23.4 Å². The van der Waals surface area contributed by atoms with Crippen molar-refractivity contribution in [3.05, 3.63) is 85.4 Å². The normalized spacial score (nSPS) is 19.8. The van der Waals surface area contributed by atoms with Gasteiger partial charge in [-0.05, 0) is 56.2 Å². The first-order valence-corrected chi connectivity index (χ1v) is 11.0. The van der Waals surface area contributed by atoms with Gasteiger partial charge < -0.3 is 0 Å². The summed E-state index contributed by atoms with van der Waals surface area (Å²) >= 11 is 11.8. The smallest absolute Gasteiger partial charge is 0.272 e. The Morgan fingerprint density at radius 2 is 1.73 bits per heavy atom. The SMILES string of the molecule is CC1=CC[C@@H]2C(=O)N(N(Cc3ccc(Cl)cc3[N+](=O)[O-])C(=O)c3ccc(Cl)cc3)C(=O)[C@@H]2C1. The number of halogens is 2. The van der Waals surface area contributed by atoms with Crippen LogP contribution in [0.5, 0.6) is 0 Å². The molecule has 0 N–H and O–H groups in total. The zero-order valence-electron chi connectivity index (χ0n) is 17.5. The molecule has 2 aliphatic rings. The molecule has 1 aliphatic carbocycles. The third-order valence-corrected chi connectivity index (χ3v) is 6.42. The largest absolute Gasteiger partial charge is 0.275 e. The lowest BCUT2D eigenvalue weighted by Crippen LogP contribution is -2.49. The third-order valence-electron chi connectivity index (χ3n) is 5.93. The van der Waals surface area contributed by atoms with Crippen LogP contribution in [0.15, 0.2) is 54.1 Å². The van der Waals surface area contributed by atoms with Crippen LogP contribution < -0.4 is 0 Å². The minimum absolute atomic E-state index is 0.136. The first kappa shape index (κ1) is 22.9. The van der Waals surface area contributed by atoms with Gasteiger partial charge in [-0.1, -0.05) is 34.9 Å². The van der Waals surface area contributed by atoms with E-state index in [2.05, 4.69) is 0 Å². The monoisotopic (exact) mass is 487 g/mol. The number of benzene rings is 2. The number of hydrazine groups is 1. The average molecular weight is 488 g/mol. The molecule has 0 aromatic heterocycles. The number of carbonyl (C=O) groups is 3. The van der Waals surface area contributed by atoms with Gasteiger partial charge in [0.1, 0.15) is 0 Å². The number of nitro benzene ring substituents is 1. The molecule has 2 aromatic carbocycles. The predicted molar refractivity (Wildman–Crippen MR) is 121 cm³/mol. The predicted octanol–water partition coefficient (Wildman–Crippen LogP) is 4.80. The quantitative estimate of drug-likeness (QED) is 0.261. The van der Waals surface area contributed by atoms with Crippen molar-refractivity contribution in [2.24, 2.45) is 11.8 Å². The number of nitro groups is 1. The highest BCUT2D eigenvalue weighted by Crippen LogP contribution is 2.39. The number of nitrogens with zero attached hydrogens (tertiary/aromatic N) is 3. The summed E-state index contributed by atoms with van der Waals surface area (Å²) in [6.45, 7) is 1.53. The fraction of sp³-hybridized carbons (Fsp3) is 0.261. The molecule has 33 heavy (non-hydrogen) atoms. The number of imide groups is 1. The van der Waals surface area contributed by atoms with E-state index in [1.807, 2.05) is 13.0 Å². The van der Waals surface area contributed by atoms with Crippen LogP contribution in [0.4, 0.5) is 5.69 Å². The summed E-state index contributed by atoms with van der Waals surface area (Å²) in [6.07, 6.45) is 2.75. The van der Waals surface area contributed by atoms with Gasteiger partial charge in [0.05, 0.1) is 28.9 Å². The molecule has 1 heterocycles. The number of hydrogen-bond acceptors (Lipinski definition) is 5. The van der Waals surface area contributed by atoms with Crippen LogP contribution in [0.2, 0.25) is 10.0 Å². The Hall–Kier alpha value is -3.23. The van der Waals surface area contributed by atoms with E-state index in [1.165, 1.54) is 42.5 Å². The lowest BCUT2D eigenvalue weighted by Gasteiger charge is -2.30. The molecule has 1 fully saturated rings. The van der Waals surface area contributed by atoms with Crippen molar-refractivity contribution < 1.29 is 19.3 Å². The van der Waals surface area contributed by atoms with Crippen molar-refractivity contribution in [2.75, 3.05) is 0 Å². The second-order valence-corrected chi connectivity index (χ2v) is 8.96. The van der Waals surface area contributed by atoms with E-state index in [4.69, 9.17) is 23.2 Å². The van der Waals surface area contributed by atoms with Gasteiger partial charge >= 0.3 is 0 Å². The Morgan fingerprint density at radius 3 is 2.39 bits per heavy atom.